The van der Waals surface area contributed by atoms with Gasteiger partial charge in [-0.1, -0.05) is 50.4 Å². The minimum absolute atomic E-state index is 0.159. The van der Waals surface area contributed by atoms with Crippen molar-refractivity contribution < 1.29 is 33.4 Å². The highest BCUT2D eigenvalue weighted by atomic mass is 32.2. The van der Waals surface area contributed by atoms with E-state index < -0.39 is 29.8 Å². The van der Waals surface area contributed by atoms with Crippen molar-refractivity contribution in [1.29, 1.82) is 0 Å². The number of rotatable bonds is 13. The minimum Gasteiger partial charge on any atom is -0.462 e. The Hall–Kier alpha value is -4.12. The van der Waals surface area contributed by atoms with E-state index in [1.165, 1.54) is 24.8 Å². The number of carbonyl (C=O) groups is 5. The van der Waals surface area contributed by atoms with Gasteiger partial charge in [-0.2, -0.15) is 0 Å². The number of barbiturate groups is 1. The molecule has 4 amide bonds. The van der Waals surface area contributed by atoms with Crippen molar-refractivity contribution in [3.8, 4) is 0 Å². The highest BCUT2D eigenvalue weighted by Gasteiger charge is 2.41. The first-order chi connectivity index (χ1) is 19.6. The smallest absolute Gasteiger partial charge is 0.334 e. The van der Waals surface area contributed by atoms with Crippen LogP contribution in [0, 0.1) is 0 Å². The lowest BCUT2D eigenvalue weighted by Gasteiger charge is -2.33. The fourth-order valence-corrected chi connectivity index (χ4v) is 5.07. The van der Waals surface area contributed by atoms with E-state index in [1.54, 1.807) is 13.0 Å². The first-order valence-electron chi connectivity index (χ1n) is 13.4. The fraction of sp³-hybridized carbons (Fsp3) is 0.367. The summed E-state index contributed by atoms with van der Waals surface area (Å²) in [4.78, 5) is 68.2. The van der Waals surface area contributed by atoms with Crippen LogP contribution in [0.4, 0.5) is 10.5 Å². The number of allylic oxidation sites excluding steroid dienone is 2. The summed E-state index contributed by atoms with van der Waals surface area (Å²) in [5, 5.41) is 0.768. The molecule has 1 aromatic rings. The third-order valence-electron chi connectivity index (χ3n) is 6.18. The van der Waals surface area contributed by atoms with Gasteiger partial charge < -0.3 is 14.4 Å². The number of amides is 4. The number of unbranched alkanes of at least 4 members (excludes halogenated alkanes) is 1. The van der Waals surface area contributed by atoms with E-state index in [0.29, 0.717) is 25.0 Å². The van der Waals surface area contributed by atoms with Gasteiger partial charge in [-0.05, 0) is 51.0 Å². The third kappa shape index (κ3) is 7.75. The molecule has 10 nitrogen and oxygen atoms in total. The fourth-order valence-electron chi connectivity index (χ4n) is 3.98. The molecular formula is C30H35N3O7S. The van der Waals surface area contributed by atoms with E-state index >= 15 is 0 Å². The molecular weight excluding hydrogens is 546 g/mol. The van der Waals surface area contributed by atoms with E-state index in [-0.39, 0.29) is 37.4 Å². The number of fused-ring (bicyclic) bond motifs is 1. The number of benzene rings is 1. The minimum atomic E-state index is -0.755. The normalized spacial score (nSPS) is 16.9. The molecule has 0 aliphatic carbocycles. The van der Waals surface area contributed by atoms with E-state index in [0.717, 1.165) is 31.8 Å². The van der Waals surface area contributed by atoms with Gasteiger partial charge in [0, 0.05) is 29.1 Å². The molecule has 2 aliphatic heterocycles. The first-order valence-corrected chi connectivity index (χ1v) is 14.2. The van der Waals surface area contributed by atoms with Crippen LogP contribution in [0.2, 0.25) is 0 Å². The average Bonchev–Trinajstić information content (AvgIpc) is 3.29. The average molecular weight is 582 g/mol. The third-order valence-corrected chi connectivity index (χ3v) is 7.31. The Bertz CT molecular complexity index is 1320. The number of esters is 2. The quantitative estimate of drug-likeness (QED) is 0.143. The van der Waals surface area contributed by atoms with Crippen molar-refractivity contribution in [2.75, 3.05) is 37.7 Å². The molecule has 0 spiro atoms. The molecule has 1 saturated heterocycles. The predicted octanol–water partition coefficient (Wildman–Crippen LogP) is 4.59. The molecule has 11 heteroatoms. The number of ether oxygens (including phenoxy) is 2. The summed E-state index contributed by atoms with van der Waals surface area (Å²) in [6.07, 6.45) is 4.98. The Balaban J connectivity index is 1.85. The molecule has 1 fully saturated rings. The van der Waals surface area contributed by atoms with Crippen molar-refractivity contribution in [1.82, 2.24) is 9.80 Å². The lowest BCUT2D eigenvalue weighted by Crippen LogP contribution is -2.57. The summed E-state index contributed by atoms with van der Waals surface area (Å²) in [5.41, 5.74) is 1.32. The van der Waals surface area contributed by atoms with Crippen LogP contribution in [0.25, 0.3) is 0 Å². The zero-order valence-corrected chi connectivity index (χ0v) is 24.5. The Morgan fingerprint density at radius 1 is 0.829 bits per heavy atom. The molecule has 0 aromatic heterocycles. The molecule has 0 saturated carbocycles. The van der Waals surface area contributed by atoms with Crippen LogP contribution in [0.1, 0.15) is 40.0 Å². The SMILES string of the molecule is C=C(C)C(=O)OCCCN1/C(=C/C=C2\C(=O)N(CCCC)C(=O)N(CCOC(=O)C(=C)C)C2=O)Sc2ccccc21. The predicted molar refractivity (Wildman–Crippen MR) is 156 cm³/mol. The van der Waals surface area contributed by atoms with Crippen molar-refractivity contribution >= 4 is 47.2 Å². The first kappa shape index (κ1) is 31.4. The van der Waals surface area contributed by atoms with Crippen molar-refractivity contribution in [2.24, 2.45) is 0 Å². The zero-order chi connectivity index (χ0) is 30.1. The second kappa shape index (κ2) is 14.5. The number of urea groups is 1. The maximum absolute atomic E-state index is 13.3. The molecule has 0 radical (unpaired) electrons. The lowest BCUT2D eigenvalue weighted by atomic mass is 10.1. The summed E-state index contributed by atoms with van der Waals surface area (Å²) in [5.74, 6) is -2.50. The van der Waals surface area contributed by atoms with Crippen LogP contribution in [0.3, 0.4) is 0 Å². The molecule has 2 aliphatic rings. The van der Waals surface area contributed by atoms with E-state index in [9.17, 15) is 24.0 Å². The molecule has 2 heterocycles. The molecule has 0 atom stereocenters. The number of imide groups is 2. The van der Waals surface area contributed by atoms with Gasteiger partial charge in [-0.25, -0.2) is 14.4 Å². The van der Waals surface area contributed by atoms with Gasteiger partial charge in [0.1, 0.15) is 12.2 Å². The van der Waals surface area contributed by atoms with E-state index in [4.69, 9.17) is 9.47 Å². The van der Waals surface area contributed by atoms with Gasteiger partial charge in [0.25, 0.3) is 11.8 Å². The summed E-state index contributed by atoms with van der Waals surface area (Å²) in [6.45, 7) is 12.6. The van der Waals surface area contributed by atoms with Gasteiger partial charge in [0.05, 0.1) is 23.9 Å². The molecule has 0 N–H and O–H groups in total. The summed E-state index contributed by atoms with van der Waals surface area (Å²) >= 11 is 1.48. The van der Waals surface area contributed by atoms with Crippen LogP contribution in [-0.2, 0) is 28.7 Å². The standard InChI is InChI=1S/C30H35N3O7S/c1-6-7-15-32-26(34)22(27(35)33(30(32)38)17-19-40-29(37)21(4)5)13-14-25-31(16-10-18-39-28(36)20(2)3)23-11-8-9-12-24(23)41-25/h8-9,11-14H,2,4,6-7,10,15-19H2,1,3,5H3/b22-13+,25-14-. The van der Waals surface area contributed by atoms with Crippen molar-refractivity contribution in [3.05, 3.63) is 71.3 Å². The molecule has 0 unspecified atom stereocenters. The Labute approximate surface area is 244 Å². The molecule has 1 aromatic carbocycles. The number of anilines is 1. The summed E-state index contributed by atoms with van der Waals surface area (Å²) in [7, 11) is 0. The lowest BCUT2D eigenvalue weighted by molar-refractivity contribution is -0.142. The van der Waals surface area contributed by atoms with Crippen LogP contribution >= 0.6 is 11.8 Å². The van der Waals surface area contributed by atoms with Gasteiger partial charge in [-0.3, -0.25) is 19.4 Å². The highest BCUT2D eigenvalue weighted by molar-refractivity contribution is 8.03. The van der Waals surface area contributed by atoms with Crippen LogP contribution in [-0.4, -0.2) is 72.4 Å². The van der Waals surface area contributed by atoms with Gasteiger partial charge >= 0.3 is 18.0 Å². The maximum Gasteiger partial charge on any atom is 0.334 e. The van der Waals surface area contributed by atoms with E-state index in [2.05, 4.69) is 13.2 Å². The van der Waals surface area contributed by atoms with Gasteiger partial charge in [-0.15, -0.1) is 0 Å². The van der Waals surface area contributed by atoms with Crippen molar-refractivity contribution in [2.45, 2.75) is 44.9 Å². The number of thioether (sulfide) groups is 1. The second-order valence-electron chi connectivity index (χ2n) is 9.54. The monoisotopic (exact) mass is 581 g/mol. The Morgan fingerprint density at radius 3 is 2.05 bits per heavy atom. The Kier molecular flexibility index (Phi) is 11.1. The molecule has 0 bridgehead atoms. The molecule has 41 heavy (non-hydrogen) atoms. The number of para-hydroxylation sites is 1. The number of hydrogen-bond donors (Lipinski definition) is 0. The van der Waals surface area contributed by atoms with Crippen LogP contribution in [0.15, 0.2) is 76.2 Å². The molecule has 3 rings (SSSR count). The highest BCUT2D eigenvalue weighted by Crippen LogP contribution is 2.45. The summed E-state index contributed by atoms with van der Waals surface area (Å²) < 4.78 is 10.3. The topological polar surface area (TPSA) is 114 Å². The van der Waals surface area contributed by atoms with Gasteiger partial charge in [0.15, 0.2) is 0 Å². The van der Waals surface area contributed by atoms with Crippen LogP contribution < -0.4 is 4.90 Å². The van der Waals surface area contributed by atoms with Gasteiger partial charge in [0.2, 0.25) is 0 Å². The second-order valence-corrected chi connectivity index (χ2v) is 10.6. The largest absolute Gasteiger partial charge is 0.462 e. The van der Waals surface area contributed by atoms with Crippen LogP contribution in [0.5, 0.6) is 0 Å². The summed E-state index contributed by atoms with van der Waals surface area (Å²) in [6, 6.07) is 7.03. The number of hydrogen-bond acceptors (Lipinski definition) is 9. The zero-order valence-electron chi connectivity index (χ0n) is 23.6. The maximum atomic E-state index is 13.3. The Morgan fingerprint density at radius 2 is 1.41 bits per heavy atom. The number of carbonyl (C=O) groups excluding carboxylic acids is 5. The number of nitrogens with zero attached hydrogens (tertiary/aromatic N) is 3. The molecule has 218 valence electrons. The van der Waals surface area contributed by atoms with Crippen molar-refractivity contribution in [3.63, 3.8) is 0 Å². The van der Waals surface area contributed by atoms with E-state index in [1.807, 2.05) is 36.1 Å².